The van der Waals surface area contributed by atoms with E-state index in [9.17, 15) is 17.2 Å². The Morgan fingerprint density at radius 3 is 2.39 bits per heavy atom. The molecular weight excluding hydrogens is 288 g/mol. The Kier molecular flexibility index (Phi) is 5.61. The maximum absolute atomic E-state index is 11.9. The molecule has 0 radical (unpaired) electrons. The smallest absolute Gasteiger partial charge is 0.387 e. The molecule has 102 valence electrons. The van der Waals surface area contributed by atoms with Crippen LogP contribution in [0.1, 0.15) is 6.42 Å². The van der Waals surface area contributed by atoms with Crippen LogP contribution in [0.2, 0.25) is 0 Å². The molecule has 0 unspecified atom stereocenters. The summed E-state index contributed by atoms with van der Waals surface area (Å²) in [7, 11) is -3.46. The van der Waals surface area contributed by atoms with Gasteiger partial charge in [0.1, 0.15) is 5.75 Å². The van der Waals surface area contributed by atoms with E-state index >= 15 is 0 Å². The third-order valence-corrected chi connectivity index (χ3v) is 3.54. The van der Waals surface area contributed by atoms with E-state index in [4.69, 9.17) is 11.6 Å². The van der Waals surface area contributed by atoms with Gasteiger partial charge in [-0.15, -0.1) is 11.6 Å². The van der Waals surface area contributed by atoms with Gasteiger partial charge in [0.2, 0.25) is 10.0 Å². The molecule has 18 heavy (non-hydrogen) atoms. The van der Waals surface area contributed by atoms with Crippen molar-refractivity contribution in [1.82, 2.24) is 0 Å². The molecule has 0 aromatic heterocycles. The van der Waals surface area contributed by atoms with Gasteiger partial charge >= 0.3 is 6.61 Å². The molecule has 0 amide bonds. The highest BCUT2D eigenvalue weighted by Crippen LogP contribution is 2.18. The molecular formula is C10H12ClF2NO3S. The molecule has 1 rings (SSSR count). The number of benzene rings is 1. The zero-order valence-electron chi connectivity index (χ0n) is 9.27. The summed E-state index contributed by atoms with van der Waals surface area (Å²) in [4.78, 5) is 0. The van der Waals surface area contributed by atoms with Crippen LogP contribution >= 0.6 is 11.6 Å². The molecule has 1 aromatic rings. The highest BCUT2D eigenvalue weighted by Gasteiger charge is 2.10. The fourth-order valence-electron chi connectivity index (χ4n) is 1.18. The van der Waals surface area contributed by atoms with Crippen molar-refractivity contribution in [3.8, 4) is 5.75 Å². The third-order valence-electron chi connectivity index (χ3n) is 1.90. The Bertz CT molecular complexity index is 465. The number of hydrogen-bond acceptors (Lipinski definition) is 3. The van der Waals surface area contributed by atoms with E-state index in [1.165, 1.54) is 24.3 Å². The van der Waals surface area contributed by atoms with Crippen LogP contribution in [0.4, 0.5) is 14.5 Å². The average molecular weight is 300 g/mol. The van der Waals surface area contributed by atoms with Gasteiger partial charge < -0.3 is 4.74 Å². The quantitative estimate of drug-likeness (QED) is 0.788. The minimum Gasteiger partial charge on any atom is -0.435 e. The Morgan fingerprint density at radius 2 is 1.89 bits per heavy atom. The maximum Gasteiger partial charge on any atom is 0.387 e. The van der Waals surface area contributed by atoms with Gasteiger partial charge in [-0.25, -0.2) is 8.42 Å². The molecule has 0 saturated carbocycles. The van der Waals surface area contributed by atoms with Crippen molar-refractivity contribution in [2.45, 2.75) is 13.0 Å². The van der Waals surface area contributed by atoms with Crippen LogP contribution in [0, 0.1) is 0 Å². The van der Waals surface area contributed by atoms with Crippen molar-refractivity contribution in [3.63, 3.8) is 0 Å². The minimum atomic E-state index is -3.46. The summed E-state index contributed by atoms with van der Waals surface area (Å²) < 4.78 is 53.2. The van der Waals surface area contributed by atoms with E-state index in [1.54, 1.807) is 0 Å². The second kappa shape index (κ2) is 6.75. The number of sulfonamides is 1. The third kappa shape index (κ3) is 5.50. The Morgan fingerprint density at radius 1 is 1.28 bits per heavy atom. The summed E-state index contributed by atoms with van der Waals surface area (Å²) in [5.74, 6) is 0.127. The molecule has 0 spiro atoms. The van der Waals surface area contributed by atoms with Crippen molar-refractivity contribution >= 4 is 27.3 Å². The van der Waals surface area contributed by atoms with Crippen LogP contribution in [0.15, 0.2) is 24.3 Å². The highest BCUT2D eigenvalue weighted by molar-refractivity contribution is 7.92. The number of anilines is 1. The molecule has 1 aromatic carbocycles. The zero-order chi connectivity index (χ0) is 13.6. The number of hydrogen-bond donors (Lipinski definition) is 1. The topological polar surface area (TPSA) is 55.4 Å². The fourth-order valence-corrected chi connectivity index (χ4v) is 2.59. The molecule has 0 aliphatic rings. The Labute approximate surface area is 109 Å². The molecule has 0 atom stereocenters. The largest absolute Gasteiger partial charge is 0.435 e. The SMILES string of the molecule is O=S(=O)(CCCCl)Nc1ccc(OC(F)F)cc1. The van der Waals surface area contributed by atoms with Crippen molar-refractivity contribution in [2.24, 2.45) is 0 Å². The number of halogens is 3. The summed E-state index contributed by atoms with van der Waals surface area (Å²) in [6.45, 7) is -2.91. The lowest BCUT2D eigenvalue weighted by Crippen LogP contribution is -2.16. The lowest BCUT2D eigenvalue weighted by Gasteiger charge is -2.08. The molecule has 0 saturated heterocycles. The molecule has 4 nitrogen and oxygen atoms in total. The Balaban J connectivity index is 2.63. The van der Waals surface area contributed by atoms with E-state index in [0.717, 1.165) is 0 Å². The molecule has 8 heteroatoms. The summed E-state index contributed by atoms with van der Waals surface area (Å²) in [6, 6.07) is 5.20. The van der Waals surface area contributed by atoms with Crippen molar-refractivity contribution in [3.05, 3.63) is 24.3 Å². The first kappa shape index (κ1) is 15.0. The molecule has 0 aliphatic heterocycles. The van der Waals surface area contributed by atoms with Crippen LogP contribution < -0.4 is 9.46 Å². The molecule has 0 aliphatic carbocycles. The molecule has 0 fully saturated rings. The van der Waals surface area contributed by atoms with Crippen LogP contribution in [-0.4, -0.2) is 26.7 Å². The zero-order valence-corrected chi connectivity index (χ0v) is 10.8. The lowest BCUT2D eigenvalue weighted by atomic mass is 10.3. The number of alkyl halides is 3. The van der Waals surface area contributed by atoms with E-state index in [-0.39, 0.29) is 23.1 Å². The first-order valence-electron chi connectivity index (χ1n) is 5.04. The predicted octanol–water partition coefficient (Wildman–Crippen LogP) is 2.66. The van der Waals surface area contributed by atoms with Gasteiger partial charge in [-0.3, -0.25) is 4.72 Å². The van der Waals surface area contributed by atoms with Gasteiger partial charge in [0, 0.05) is 11.6 Å². The predicted molar refractivity (Wildman–Crippen MR) is 65.8 cm³/mol. The maximum atomic E-state index is 11.9. The van der Waals surface area contributed by atoms with E-state index in [1.807, 2.05) is 0 Å². The van der Waals surface area contributed by atoms with Crippen LogP contribution in [-0.2, 0) is 10.0 Å². The van der Waals surface area contributed by atoms with Crippen molar-refractivity contribution < 1.29 is 21.9 Å². The highest BCUT2D eigenvalue weighted by atomic mass is 35.5. The monoisotopic (exact) mass is 299 g/mol. The minimum absolute atomic E-state index is 0.0336. The van der Waals surface area contributed by atoms with Crippen molar-refractivity contribution in [2.75, 3.05) is 16.4 Å². The van der Waals surface area contributed by atoms with Gasteiger partial charge in [0.25, 0.3) is 0 Å². The van der Waals surface area contributed by atoms with Gasteiger partial charge in [0.05, 0.1) is 5.75 Å². The summed E-state index contributed by atoms with van der Waals surface area (Å²) in [6.07, 6.45) is 0.337. The summed E-state index contributed by atoms with van der Waals surface area (Å²) in [5.41, 5.74) is 0.284. The van der Waals surface area contributed by atoms with Gasteiger partial charge in [-0.2, -0.15) is 8.78 Å². The number of nitrogens with one attached hydrogen (secondary N) is 1. The standard InChI is InChI=1S/C10H12ClF2NO3S/c11-6-1-7-18(15,16)14-8-2-4-9(5-3-8)17-10(12)13/h2-5,10,14H,1,6-7H2. The number of ether oxygens (including phenoxy) is 1. The summed E-state index contributed by atoms with van der Waals surface area (Å²) >= 11 is 5.40. The first-order chi connectivity index (χ1) is 8.43. The Hall–Kier alpha value is -1.08. The van der Waals surface area contributed by atoms with E-state index in [0.29, 0.717) is 6.42 Å². The van der Waals surface area contributed by atoms with E-state index < -0.39 is 16.6 Å². The van der Waals surface area contributed by atoms with Gasteiger partial charge in [-0.1, -0.05) is 0 Å². The van der Waals surface area contributed by atoms with Gasteiger partial charge in [-0.05, 0) is 30.7 Å². The second-order valence-electron chi connectivity index (χ2n) is 3.37. The second-order valence-corrected chi connectivity index (χ2v) is 5.59. The molecule has 1 N–H and O–H groups in total. The summed E-state index contributed by atoms with van der Waals surface area (Å²) in [5, 5.41) is 0. The average Bonchev–Trinajstić information content (AvgIpc) is 2.28. The van der Waals surface area contributed by atoms with Gasteiger partial charge in [0.15, 0.2) is 0 Å². The van der Waals surface area contributed by atoms with Crippen LogP contribution in [0.3, 0.4) is 0 Å². The first-order valence-corrected chi connectivity index (χ1v) is 7.23. The normalized spacial score (nSPS) is 11.6. The molecule has 0 heterocycles. The van der Waals surface area contributed by atoms with Crippen LogP contribution in [0.5, 0.6) is 5.75 Å². The van der Waals surface area contributed by atoms with Crippen molar-refractivity contribution in [1.29, 1.82) is 0 Å². The van der Waals surface area contributed by atoms with Crippen LogP contribution in [0.25, 0.3) is 0 Å². The molecule has 0 bridgehead atoms. The van der Waals surface area contributed by atoms with E-state index in [2.05, 4.69) is 9.46 Å². The lowest BCUT2D eigenvalue weighted by molar-refractivity contribution is -0.0498. The number of rotatable bonds is 7. The fraction of sp³-hybridized carbons (Fsp3) is 0.400.